The fraction of sp³-hybridized carbons (Fsp3) is 0.643. The Labute approximate surface area is 117 Å². The minimum absolute atomic E-state index is 0.112. The average molecular weight is 283 g/mol. The summed E-state index contributed by atoms with van der Waals surface area (Å²) in [5, 5.41) is 9.68. The molecule has 0 spiro atoms. The van der Waals surface area contributed by atoms with Crippen LogP contribution in [-0.2, 0) is 6.54 Å². The molecule has 0 aliphatic carbocycles. The lowest BCUT2D eigenvalue weighted by Crippen LogP contribution is -2.49. The van der Waals surface area contributed by atoms with Crippen LogP contribution < -0.4 is 5.56 Å². The molecule has 3 rings (SSSR count). The maximum atomic E-state index is 11.9. The molecule has 3 atom stereocenters. The molecule has 1 aromatic rings. The van der Waals surface area contributed by atoms with Gasteiger partial charge >= 0.3 is 0 Å². The molecule has 4 nitrogen and oxygen atoms in total. The molecule has 1 fully saturated rings. The molecule has 0 unspecified atom stereocenters. The van der Waals surface area contributed by atoms with Gasteiger partial charge < -0.3 is 9.67 Å². The summed E-state index contributed by atoms with van der Waals surface area (Å²) in [5.41, 5.74) is 1.26. The van der Waals surface area contributed by atoms with Crippen molar-refractivity contribution in [2.75, 3.05) is 25.5 Å². The highest BCUT2D eigenvalue weighted by molar-refractivity contribution is 6.18. The summed E-state index contributed by atoms with van der Waals surface area (Å²) in [4.78, 5) is 14.2. The van der Waals surface area contributed by atoms with Crippen LogP contribution in [-0.4, -0.2) is 46.2 Å². The number of alkyl halides is 1. The summed E-state index contributed by atoms with van der Waals surface area (Å²) in [7, 11) is 0. The van der Waals surface area contributed by atoms with Gasteiger partial charge in [0.1, 0.15) is 0 Å². The molecule has 3 heterocycles. The minimum atomic E-state index is -0.460. The Kier molecular flexibility index (Phi) is 3.65. The van der Waals surface area contributed by atoms with Crippen LogP contribution in [0.5, 0.6) is 0 Å². The number of halogens is 1. The summed E-state index contributed by atoms with van der Waals surface area (Å²) in [6.45, 7) is 3.30. The second-order valence-corrected chi connectivity index (χ2v) is 6.03. The molecule has 0 saturated carbocycles. The Morgan fingerprint density at radius 3 is 3.00 bits per heavy atom. The van der Waals surface area contributed by atoms with Crippen LogP contribution in [0.2, 0.25) is 0 Å². The highest BCUT2D eigenvalue weighted by atomic mass is 35.5. The number of aromatic nitrogens is 1. The molecule has 0 aromatic carbocycles. The highest BCUT2D eigenvalue weighted by Crippen LogP contribution is 2.34. The van der Waals surface area contributed by atoms with Crippen molar-refractivity contribution in [3.05, 3.63) is 34.2 Å². The SMILES string of the molecule is O=c1cccc2n1C[C@@H]1C[C@@H]2CN(C[C@H](O)CCl)C1. The van der Waals surface area contributed by atoms with E-state index in [1.807, 2.05) is 10.6 Å². The summed E-state index contributed by atoms with van der Waals surface area (Å²) >= 11 is 5.67. The Bertz CT molecular complexity index is 516. The first-order valence-electron chi connectivity index (χ1n) is 6.83. The molecule has 2 aliphatic heterocycles. The first-order valence-corrected chi connectivity index (χ1v) is 7.37. The van der Waals surface area contributed by atoms with E-state index in [4.69, 9.17) is 11.6 Å². The van der Waals surface area contributed by atoms with Crippen molar-refractivity contribution in [3.8, 4) is 0 Å². The fourth-order valence-electron chi connectivity index (χ4n) is 3.49. The zero-order chi connectivity index (χ0) is 13.4. The molecule has 0 radical (unpaired) electrons. The zero-order valence-corrected chi connectivity index (χ0v) is 11.6. The van der Waals surface area contributed by atoms with E-state index >= 15 is 0 Å². The lowest BCUT2D eigenvalue weighted by molar-refractivity contribution is 0.0712. The van der Waals surface area contributed by atoms with Gasteiger partial charge in [-0.25, -0.2) is 0 Å². The number of likely N-dealkylation sites (tertiary alicyclic amines) is 1. The number of hydrogen-bond donors (Lipinski definition) is 1. The molecular formula is C14H19ClN2O2. The van der Waals surface area contributed by atoms with Gasteiger partial charge in [-0.1, -0.05) is 6.07 Å². The minimum Gasteiger partial charge on any atom is -0.391 e. The van der Waals surface area contributed by atoms with Crippen molar-refractivity contribution < 1.29 is 5.11 Å². The number of fused-ring (bicyclic) bond motifs is 4. The van der Waals surface area contributed by atoms with Crippen molar-refractivity contribution in [1.29, 1.82) is 0 Å². The van der Waals surface area contributed by atoms with Crippen molar-refractivity contribution in [2.24, 2.45) is 5.92 Å². The van der Waals surface area contributed by atoms with Gasteiger partial charge in [0.25, 0.3) is 5.56 Å². The van der Waals surface area contributed by atoms with Crippen molar-refractivity contribution >= 4 is 11.6 Å². The third-order valence-corrected chi connectivity index (χ3v) is 4.56. The lowest BCUT2D eigenvalue weighted by atomic mass is 9.83. The number of aliphatic hydroxyl groups excluding tert-OH is 1. The lowest BCUT2D eigenvalue weighted by Gasteiger charge is -2.43. The van der Waals surface area contributed by atoms with Crippen molar-refractivity contribution in [3.63, 3.8) is 0 Å². The van der Waals surface area contributed by atoms with Gasteiger partial charge in [-0.15, -0.1) is 11.6 Å². The topological polar surface area (TPSA) is 45.5 Å². The predicted molar refractivity (Wildman–Crippen MR) is 74.7 cm³/mol. The number of pyridine rings is 1. The Hall–Kier alpha value is -0.840. The maximum absolute atomic E-state index is 11.9. The first-order chi connectivity index (χ1) is 9.17. The Morgan fingerprint density at radius 1 is 1.37 bits per heavy atom. The quantitative estimate of drug-likeness (QED) is 0.837. The van der Waals surface area contributed by atoms with Crippen LogP contribution in [0.25, 0.3) is 0 Å². The largest absolute Gasteiger partial charge is 0.391 e. The Morgan fingerprint density at radius 2 is 2.21 bits per heavy atom. The van der Waals surface area contributed by atoms with Crippen LogP contribution in [0, 0.1) is 5.92 Å². The van der Waals surface area contributed by atoms with Gasteiger partial charge in [-0.2, -0.15) is 0 Å². The second kappa shape index (κ2) is 5.27. The van der Waals surface area contributed by atoms with Gasteiger partial charge in [0, 0.05) is 49.7 Å². The summed E-state index contributed by atoms with van der Waals surface area (Å²) in [5.74, 6) is 1.19. The summed E-state index contributed by atoms with van der Waals surface area (Å²) in [6, 6.07) is 5.55. The second-order valence-electron chi connectivity index (χ2n) is 5.72. The van der Waals surface area contributed by atoms with Crippen LogP contribution in [0.1, 0.15) is 18.0 Å². The molecule has 2 aliphatic rings. The van der Waals surface area contributed by atoms with E-state index in [2.05, 4.69) is 11.0 Å². The van der Waals surface area contributed by atoms with Crippen molar-refractivity contribution in [1.82, 2.24) is 9.47 Å². The molecule has 1 saturated heterocycles. The predicted octanol–water partition coefficient (Wildman–Crippen LogP) is 0.867. The third kappa shape index (κ3) is 2.57. The third-order valence-electron chi connectivity index (χ3n) is 4.20. The Balaban J connectivity index is 1.82. The first kappa shape index (κ1) is 13.2. The van der Waals surface area contributed by atoms with Gasteiger partial charge in [0.05, 0.1) is 6.10 Å². The molecule has 19 heavy (non-hydrogen) atoms. The van der Waals surface area contributed by atoms with Gasteiger partial charge in [-0.3, -0.25) is 9.69 Å². The van der Waals surface area contributed by atoms with Gasteiger partial charge in [0.2, 0.25) is 0 Å². The average Bonchev–Trinajstić information content (AvgIpc) is 2.40. The van der Waals surface area contributed by atoms with Crippen molar-refractivity contribution in [2.45, 2.75) is 25.0 Å². The van der Waals surface area contributed by atoms with Crippen LogP contribution in [0.3, 0.4) is 0 Å². The summed E-state index contributed by atoms with van der Waals surface area (Å²) in [6.07, 6.45) is 0.690. The number of nitrogens with zero attached hydrogens (tertiary/aromatic N) is 2. The molecule has 0 amide bonds. The smallest absolute Gasteiger partial charge is 0.250 e. The van der Waals surface area contributed by atoms with Crippen LogP contribution in [0.15, 0.2) is 23.0 Å². The molecular weight excluding hydrogens is 264 g/mol. The molecule has 5 heteroatoms. The number of piperidine rings is 1. The highest BCUT2D eigenvalue weighted by Gasteiger charge is 2.34. The van der Waals surface area contributed by atoms with Gasteiger partial charge in [-0.05, 0) is 18.4 Å². The van der Waals surface area contributed by atoms with Crippen LogP contribution >= 0.6 is 11.6 Å². The van der Waals surface area contributed by atoms with E-state index in [1.165, 1.54) is 0 Å². The molecule has 104 valence electrons. The van der Waals surface area contributed by atoms with E-state index in [1.54, 1.807) is 6.07 Å². The van der Waals surface area contributed by atoms with E-state index in [-0.39, 0.29) is 11.4 Å². The molecule has 2 bridgehead atoms. The monoisotopic (exact) mass is 282 g/mol. The summed E-state index contributed by atoms with van der Waals surface area (Å²) < 4.78 is 1.92. The van der Waals surface area contributed by atoms with E-state index in [0.717, 1.165) is 31.7 Å². The number of β-amino-alcohol motifs (C(OH)–C–C–N with tert-alkyl or cyclic N) is 1. The van der Waals surface area contributed by atoms with Gasteiger partial charge in [0.15, 0.2) is 0 Å². The maximum Gasteiger partial charge on any atom is 0.250 e. The number of rotatable bonds is 3. The normalized spacial score (nSPS) is 27.9. The standard InChI is InChI=1S/C14H19ClN2O2/c15-5-12(18)9-16-6-10-4-11(8-16)13-2-1-3-14(19)17(13)7-10/h1-3,10-12,18H,4-9H2/t10-,11-,12-/m1/s1. The zero-order valence-electron chi connectivity index (χ0n) is 10.8. The van der Waals surface area contributed by atoms with E-state index in [0.29, 0.717) is 18.4 Å². The van der Waals surface area contributed by atoms with Crippen LogP contribution in [0.4, 0.5) is 0 Å². The molecule has 1 aromatic heterocycles. The van der Waals surface area contributed by atoms with E-state index < -0.39 is 6.10 Å². The molecule has 1 N–H and O–H groups in total. The fourth-order valence-corrected chi connectivity index (χ4v) is 3.59. The number of hydrogen-bond acceptors (Lipinski definition) is 3. The van der Waals surface area contributed by atoms with E-state index in [9.17, 15) is 9.90 Å². The number of aliphatic hydroxyl groups is 1.